The van der Waals surface area contributed by atoms with Gasteiger partial charge in [-0.25, -0.2) is 0 Å². The maximum Gasteiger partial charge on any atom is 0.0276 e. The maximum absolute atomic E-state index is 3.81. The number of rotatable bonds is 0. The van der Waals surface area contributed by atoms with Gasteiger partial charge in [0.15, 0.2) is 0 Å². The number of aliphatic imine (C=N–C) groups is 1. The fraction of sp³-hybridized carbons (Fsp3) is 0.857. The average Bonchev–Trinajstić information content (AvgIpc) is 1.69. The number of hydrogen-bond donors (Lipinski definition) is 0. The monoisotopic (exact) mass is 115 g/mol. The van der Waals surface area contributed by atoms with Crippen LogP contribution in [0.25, 0.3) is 0 Å². The highest BCUT2D eigenvalue weighted by Gasteiger charge is 1.62. The van der Waals surface area contributed by atoms with Gasteiger partial charge in [-0.1, -0.05) is 20.3 Å². The summed E-state index contributed by atoms with van der Waals surface area (Å²) in [6.45, 7) is 8.19. The molecule has 0 aromatic rings. The molecule has 0 rings (SSSR count). The third-order valence-electron chi connectivity index (χ3n) is 0.447. The number of hydrogen-bond acceptors (Lipinski definition) is 1. The van der Waals surface area contributed by atoms with Crippen molar-refractivity contribution in [2.24, 2.45) is 4.99 Å². The Morgan fingerprint density at radius 1 is 1.25 bits per heavy atom. The van der Waals surface area contributed by atoms with Gasteiger partial charge in [0.25, 0.3) is 0 Å². The van der Waals surface area contributed by atoms with E-state index in [1.807, 2.05) is 13.8 Å². The predicted octanol–water partition coefficient (Wildman–Crippen LogP) is 2.51. The van der Waals surface area contributed by atoms with E-state index in [0.717, 1.165) is 5.71 Å². The van der Waals surface area contributed by atoms with E-state index in [1.165, 1.54) is 6.42 Å². The molecule has 0 amide bonds. The highest BCUT2D eigenvalue weighted by Crippen LogP contribution is 1.63. The second-order valence-electron chi connectivity index (χ2n) is 1.88. The topological polar surface area (TPSA) is 12.4 Å². The summed E-state index contributed by atoms with van der Waals surface area (Å²) in [4.78, 5) is 3.81. The molecule has 0 spiro atoms. The van der Waals surface area contributed by atoms with E-state index < -0.39 is 0 Å². The van der Waals surface area contributed by atoms with E-state index >= 15 is 0 Å². The molecule has 1 heteroatoms. The molecule has 0 aromatic heterocycles. The Bertz CT molecular complexity index is 51.4. The molecule has 8 heavy (non-hydrogen) atoms. The van der Waals surface area contributed by atoms with Crippen LogP contribution in [0.2, 0.25) is 0 Å². The molecule has 50 valence electrons. The lowest BCUT2D eigenvalue weighted by molar-refractivity contribution is 1.09. The van der Waals surface area contributed by atoms with Crippen LogP contribution in [0.3, 0.4) is 0 Å². The van der Waals surface area contributed by atoms with Crippen LogP contribution in [0.15, 0.2) is 4.99 Å². The Morgan fingerprint density at radius 2 is 1.38 bits per heavy atom. The summed E-state index contributed by atoms with van der Waals surface area (Å²) >= 11 is 0. The Hall–Kier alpha value is -0.330. The molecular formula is C7H17N. The van der Waals surface area contributed by atoms with Crippen molar-refractivity contribution in [1.82, 2.24) is 0 Å². The zero-order chi connectivity index (χ0) is 6.99. The first-order valence-corrected chi connectivity index (χ1v) is 3.09. The van der Waals surface area contributed by atoms with Crippen molar-refractivity contribution >= 4 is 5.71 Å². The van der Waals surface area contributed by atoms with Crippen molar-refractivity contribution in [3.8, 4) is 0 Å². The van der Waals surface area contributed by atoms with Gasteiger partial charge in [0.05, 0.1) is 0 Å². The Morgan fingerprint density at radius 3 is 1.38 bits per heavy atom. The minimum absolute atomic E-state index is 1.13. The lowest BCUT2D eigenvalue weighted by Crippen LogP contribution is -1.74. The Labute approximate surface area is 52.8 Å². The first-order chi connectivity index (χ1) is 3.68. The van der Waals surface area contributed by atoms with E-state index in [2.05, 4.69) is 18.8 Å². The quantitative estimate of drug-likeness (QED) is 0.430. The third-order valence-corrected chi connectivity index (χ3v) is 0.447. The van der Waals surface area contributed by atoms with Crippen molar-refractivity contribution in [3.05, 3.63) is 0 Å². The Balaban J connectivity index is 0. The molecule has 1 nitrogen and oxygen atoms in total. The zero-order valence-corrected chi connectivity index (χ0v) is 6.65. The van der Waals surface area contributed by atoms with Crippen molar-refractivity contribution in [1.29, 1.82) is 0 Å². The van der Waals surface area contributed by atoms with Crippen molar-refractivity contribution in [2.45, 2.75) is 34.1 Å². The van der Waals surface area contributed by atoms with Crippen LogP contribution < -0.4 is 0 Å². The van der Waals surface area contributed by atoms with Gasteiger partial charge in [0.1, 0.15) is 0 Å². The lowest BCUT2D eigenvalue weighted by atomic mass is 10.5. The molecule has 0 fully saturated rings. The van der Waals surface area contributed by atoms with Gasteiger partial charge < -0.3 is 0 Å². The summed E-state index contributed by atoms with van der Waals surface area (Å²) in [5, 5.41) is 0. The summed E-state index contributed by atoms with van der Waals surface area (Å²) in [6, 6.07) is 0. The van der Waals surface area contributed by atoms with E-state index in [4.69, 9.17) is 0 Å². The predicted molar refractivity (Wildman–Crippen MR) is 40.7 cm³/mol. The molecule has 0 saturated heterocycles. The van der Waals surface area contributed by atoms with Gasteiger partial charge in [-0.05, 0) is 13.8 Å². The van der Waals surface area contributed by atoms with Crippen molar-refractivity contribution in [3.63, 3.8) is 0 Å². The summed E-state index contributed by atoms with van der Waals surface area (Å²) in [6.07, 6.45) is 1.25. The molecule has 0 radical (unpaired) electrons. The fourth-order valence-corrected chi connectivity index (χ4v) is 0. The minimum Gasteiger partial charge on any atom is -0.298 e. The fourth-order valence-electron chi connectivity index (χ4n) is 0. The largest absolute Gasteiger partial charge is 0.298 e. The molecule has 0 unspecified atom stereocenters. The van der Waals surface area contributed by atoms with Gasteiger partial charge >= 0.3 is 0 Å². The molecule has 0 heterocycles. The third kappa shape index (κ3) is 44.3. The van der Waals surface area contributed by atoms with Gasteiger partial charge in [0, 0.05) is 12.8 Å². The molecule has 0 aromatic carbocycles. The van der Waals surface area contributed by atoms with E-state index in [1.54, 1.807) is 7.05 Å². The SMILES string of the molecule is CCC.CN=C(C)C. The maximum atomic E-state index is 3.81. The Kier molecular flexibility index (Phi) is 13.0. The minimum atomic E-state index is 1.13. The van der Waals surface area contributed by atoms with Crippen LogP contribution in [0.5, 0.6) is 0 Å². The summed E-state index contributed by atoms with van der Waals surface area (Å²) in [5.74, 6) is 0. The first-order valence-electron chi connectivity index (χ1n) is 3.09. The molecule has 0 saturated carbocycles. The summed E-state index contributed by atoms with van der Waals surface area (Å²) in [5.41, 5.74) is 1.13. The molecule has 0 atom stereocenters. The van der Waals surface area contributed by atoms with Crippen LogP contribution in [0, 0.1) is 0 Å². The highest BCUT2D eigenvalue weighted by atomic mass is 14.7. The van der Waals surface area contributed by atoms with Crippen LogP contribution in [-0.2, 0) is 0 Å². The van der Waals surface area contributed by atoms with Crippen LogP contribution in [0.4, 0.5) is 0 Å². The smallest absolute Gasteiger partial charge is 0.0276 e. The van der Waals surface area contributed by atoms with E-state index in [0.29, 0.717) is 0 Å². The van der Waals surface area contributed by atoms with Gasteiger partial charge in [-0.2, -0.15) is 0 Å². The van der Waals surface area contributed by atoms with Crippen molar-refractivity contribution < 1.29 is 0 Å². The van der Waals surface area contributed by atoms with Crippen LogP contribution >= 0.6 is 0 Å². The van der Waals surface area contributed by atoms with Gasteiger partial charge in [-0.3, -0.25) is 4.99 Å². The molecule has 0 aliphatic rings. The second kappa shape index (κ2) is 9.83. The van der Waals surface area contributed by atoms with Gasteiger partial charge in [-0.15, -0.1) is 0 Å². The normalized spacial score (nSPS) is 6.62. The highest BCUT2D eigenvalue weighted by molar-refractivity contribution is 5.78. The standard InChI is InChI=1S/C4H9N.C3H8/c1-4(2)5-3;1-3-2/h1-3H3;3H2,1-2H3. The zero-order valence-electron chi connectivity index (χ0n) is 6.65. The van der Waals surface area contributed by atoms with Gasteiger partial charge in [0.2, 0.25) is 0 Å². The lowest BCUT2D eigenvalue weighted by Gasteiger charge is -1.74. The van der Waals surface area contributed by atoms with E-state index in [-0.39, 0.29) is 0 Å². The van der Waals surface area contributed by atoms with Crippen LogP contribution in [-0.4, -0.2) is 12.8 Å². The van der Waals surface area contributed by atoms with Crippen molar-refractivity contribution in [2.75, 3.05) is 7.05 Å². The summed E-state index contributed by atoms with van der Waals surface area (Å²) in [7, 11) is 1.79. The first kappa shape index (κ1) is 10.6. The molecule has 0 aliphatic carbocycles. The average molecular weight is 115 g/mol. The van der Waals surface area contributed by atoms with E-state index in [9.17, 15) is 0 Å². The van der Waals surface area contributed by atoms with Crippen LogP contribution in [0.1, 0.15) is 34.1 Å². The molecular weight excluding hydrogens is 98.1 g/mol. The summed E-state index contributed by atoms with van der Waals surface area (Å²) < 4.78 is 0. The molecule has 0 bridgehead atoms. The second-order valence-corrected chi connectivity index (χ2v) is 1.88. The molecule has 0 N–H and O–H groups in total. The number of nitrogens with zero attached hydrogens (tertiary/aromatic N) is 1. The molecule has 0 aliphatic heterocycles.